The van der Waals surface area contributed by atoms with Gasteiger partial charge in [-0.3, -0.25) is 4.79 Å². The second kappa shape index (κ2) is 7.41. The summed E-state index contributed by atoms with van der Waals surface area (Å²) in [6.07, 6.45) is 0. The Bertz CT molecular complexity index is 991. The van der Waals surface area contributed by atoms with E-state index in [0.717, 1.165) is 12.1 Å². The van der Waals surface area contributed by atoms with Crippen LogP contribution in [-0.4, -0.2) is 32.0 Å². The number of hydrogen-bond donors (Lipinski definition) is 1. The number of nitrogens with zero attached hydrogens (tertiary/aromatic N) is 1. The van der Waals surface area contributed by atoms with Gasteiger partial charge in [0.1, 0.15) is 5.56 Å². The molecule has 3 aromatic rings. The third kappa shape index (κ3) is 3.75. The third-order valence-electron chi connectivity index (χ3n) is 3.90. The van der Waals surface area contributed by atoms with Crippen molar-refractivity contribution in [3.8, 4) is 5.75 Å². The van der Waals surface area contributed by atoms with Crippen molar-refractivity contribution in [3.05, 3.63) is 70.1 Å². The van der Waals surface area contributed by atoms with E-state index in [1.807, 2.05) is 38.4 Å². The number of carbonyl (C=O) groups excluding carboxylic acids is 1. The Morgan fingerprint density at radius 3 is 2.54 bits per heavy atom. The van der Waals surface area contributed by atoms with Gasteiger partial charge in [-0.25, -0.2) is 4.79 Å². The number of hydrogen-bond acceptors (Lipinski definition) is 5. The zero-order valence-corrected chi connectivity index (χ0v) is 14.9. The van der Waals surface area contributed by atoms with Crippen LogP contribution in [0, 0.1) is 0 Å². The molecular formula is C20H20N2O4. The van der Waals surface area contributed by atoms with Crippen LogP contribution >= 0.6 is 0 Å². The number of nitrogens with one attached hydrogen (secondary N) is 1. The zero-order chi connectivity index (χ0) is 18.7. The molecule has 1 amide bonds. The largest absolute Gasteiger partial charge is 0.493 e. The number of anilines is 1. The summed E-state index contributed by atoms with van der Waals surface area (Å²) in [6, 6.07) is 14.2. The fraction of sp³-hybridized carbons (Fsp3) is 0.200. The van der Waals surface area contributed by atoms with Crippen LogP contribution in [0.4, 0.5) is 5.69 Å². The molecule has 1 heterocycles. The number of ether oxygens (including phenoxy) is 1. The first-order valence-corrected chi connectivity index (χ1v) is 8.14. The van der Waals surface area contributed by atoms with Crippen LogP contribution in [0.25, 0.3) is 11.0 Å². The van der Waals surface area contributed by atoms with Gasteiger partial charge in [-0.05, 0) is 43.9 Å². The molecule has 0 bridgehead atoms. The van der Waals surface area contributed by atoms with E-state index in [2.05, 4.69) is 10.2 Å². The van der Waals surface area contributed by atoms with Crippen molar-refractivity contribution in [2.24, 2.45) is 0 Å². The Hall–Kier alpha value is -3.12. The van der Waals surface area contributed by atoms with Crippen LogP contribution in [-0.2, 0) is 6.54 Å². The van der Waals surface area contributed by atoms with Crippen molar-refractivity contribution < 1.29 is 13.9 Å². The third-order valence-corrected chi connectivity index (χ3v) is 3.90. The van der Waals surface area contributed by atoms with Crippen LogP contribution in [0.2, 0.25) is 0 Å². The fourth-order valence-corrected chi connectivity index (χ4v) is 2.69. The number of carbonyl (C=O) groups is 1. The van der Waals surface area contributed by atoms with Crippen molar-refractivity contribution >= 4 is 22.6 Å². The van der Waals surface area contributed by atoms with Gasteiger partial charge < -0.3 is 19.4 Å². The van der Waals surface area contributed by atoms with E-state index in [0.29, 0.717) is 22.4 Å². The van der Waals surface area contributed by atoms with E-state index in [1.165, 1.54) is 13.2 Å². The van der Waals surface area contributed by atoms with Gasteiger partial charge in [-0.15, -0.1) is 0 Å². The van der Waals surface area contributed by atoms with E-state index in [1.54, 1.807) is 18.2 Å². The number of para-hydroxylation sites is 1. The molecule has 3 rings (SSSR count). The highest BCUT2D eigenvalue weighted by Gasteiger charge is 2.15. The lowest BCUT2D eigenvalue weighted by molar-refractivity contribution is 0.102. The van der Waals surface area contributed by atoms with E-state index in [4.69, 9.17) is 9.15 Å². The Balaban J connectivity index is 1.86. The minimum Gasteiger partial charge on any atom is -0.493 e. The van der Waals surface area contributed by atoms with E-state index >= 15 is 0 Å². The molecule has 0 radical (unpaired) electrons. The summed E-state index contributed by atoms with van der Waals surface area (Å²) >= 11 is 0. The smallest absolute Gasteiger partial charge is 0.349 e. The van der Waals surface area contributed by atoms with Gasteiger partial charge in [-0.2, -0.15) is 0 Å². The highest BCUT2D eigenvalue weighted by atomic mass is 16.5. The predicted octanol–water partition coefficient (Wildman–Crippen LogP) is 3.12. The summed E-state index contributed by atoms with van der Waals surface area (Å²) in [5.41, 5.74) is 1.31. The first kappa shape index (κ1) is 17.7. The Labute approximate surface area is 151 Å². The van der Waals surface area contributed by atoms with Crippen molar-refractivity contribution in [2.45, 2.75) is 6.54 Å². The molecule has 0 fully saturated rings. The van der Waals surface area contributed by atoms with Crippen LogP contribution in [0.1, 0.15) is 15.9 Å². The highest BCUT2D eigenvalue weighted by Crippen LogP contribution is 2.24. The molecular weight excluding hydrogens is 332 g/mol. The molecule has 26 heavy (non-hydrogen) atoms. The average Bonchev–Trinajstić information content (AvgIpc) is 2.61. The molecule has 0 atom stereocenters. The van der Waals surface area contributed by atoms with Gasteiger partial charge in [0.15, 0.2) is 11.3 Å². The quantitative estimate of drug-likeness (QED) is 0.715. The van der Waals surface area contributed by atoms with E-state index < -0.39 is 11.5 Å². The maximum absolute atomic E-state index is 12.5. The van der Waals surface area contributed by atoms with E-state index in [-0.39, 0.29) is 5.56 Å². The molecule has 6 heteroatoms. The lowest BCUT2D eigenvalue weighted by Gasteiger charge is -2.10. The molecule has 2 aromatic carbocycles. The summed E-state index contributed by atoms with van der Waals surface area (Å²) in [7, 11) is 5.47. The molecule has 0 saturated heterocycles. The molecule has 0 aliphatic carbocycles. The second-order valence-electron chi connectivity index (χ2n) is 6.21. The van der Waals surface area contributed by atoms with Crippen LogP contribution < -0.4 is 15.7 Å². The topological polar surface area (TPSA) is 71.8 Å². The molecule has 0 saturated carbocycles. The van der Waals surface area contributed by atoms with Crippen molar-refractivity contribution in [2.75, 3.05) is 26.5 Å². The summed E-state index contributed by atoms with van der Waals surface area (Å²) in [6.45, 7) is 0.810. The summed E-state index contributed by atoms with van der Waals surface area (Å²) in [5, 5.41) is 3.35. The predicted molar refractivity (Wildman–Crippen MR) is 101 cm³/mol. The van der Waals surface area contributed by atoms with Gasteiger partial charge in [0.05, 0.1) is 7.11 Å². The van der Waals surface area contributed by atoms with Crippen LogP contribution in [0.5, 0.6) is 5.75 Å². The van der Waals surface area contributed by atoms with Crippen molar-refractivity contribution in [1.29, 1.82) is 0 Å². The summed E-state index contributed by atoms with van der Waals surface area (Å²) in [4.78, 5) is 26.8. The van der Waals surface area contributed by atoms with Crippen LogP contribution in [0.3, 0.4) is 0 Å². The molecule has 6 nitrogen and oxygen atoms in total. The molecule has 134 valence electrons. The lowest BCUT2D eigenvalue weighted by Crippen LogP contribution is -2.20. The Morgan fingerprint density at radius 2 is 1.88 bits per heavy atom. The average molecular weight is 352 g/mol. The zero-order valence-electron chi connectivity index (χ0n) is 14.9. The minimum absolute atomic E-state index is 0.0527. The maximum atomic E-state index is 12.5. The van der Waals surface area contributed by atoms with Gasteiger partial charge in [0.2, 0.25) is 0 Å². The van der Waals surface area contributed by atoms with Gasteiger partial charge >= 0.3 is 5.63 Å². The number of benzene rings is 2. The number of fused-ring (bicyclic) bond motifs is 1. The highest BCUT2D eigenvalue weighted by molar-refractivity contribution is 6.05. The molecule has 0 spiro atoms. The molecule has 1 N–H and O–H groups in total. The monoisotopic (exact) mass is 352 g/mol. The normalized spacial score (nSPS) is 10.9. The lowest BCUT2D eigenvalue weighted by atomic mass is 10.1. The summed E-state index contributed by atoms with van der Waals surface area (Å²) in [5.74, 6) is -0.0631. The minimum atomic E-state index is -0.705. The second-order valence-corrected chi connectivity index (χ2v) is 6.21. The maximum Gasteiger partial charge on any atom is 0.349 e. The number of rotatable bonds is 5. The fourth-order valence-electron chi connectivity index (χ4n) is 2.69. The number of methoxy groups -OCH3 is 1. The Morgan fingerprint density at radius 1 is 1.15 bits per heavy atom. The van der Waals surface area contributed by atoms with Crippen molar-refractivity contribution in [3.63, 3.8) is 0 Å². The first-order valence-electron chi connectivity index (χ1n) is 8.14. The molecule has 0 aliphatic heterocycles. The van der Waals surface area contributed by atoms with E-state index in [9.17, 15) is 9.59 Å². The Kier molecular flexibility index (Phi) is 5.04. The first-order chi connectivity index (χ1) is 12.5. The van der Waals surface area contributed by atoms with Gasteiger partial charge in [0.25, 0.3) is 5.91 Å². The standard InChI is InChI=1S/C20H20N2O4/c1-22(2)12-13-7-9-15(10-8-13)21-19(23)16-11-14-5-4-6-17(25-3)18(14)26-20(16)24/h4-11H,12H2,1-3H3,(H,21,23). The molecule has 0 aliphatic rings. The van der Waals surface area contributed by atoms with Crippen molar-refractivity contribution in [1.82, 2.24) is 4.90 Å². The number of amides is 1. The molecule has 1 aromatic heterocycles. The van der Waals surface area contributed by atoms with Gasteiger partial charge in [-0.1, -0.05) is 24.3 Å². The molecule has 0 unspecified atom stereocenters. The summed E-state index contributed by atoms with van der Waals surface area (Å²) < 4.78 is 10.5. The SMILES string of the molecule is COc1cccc2cc(C(=O)Nc3ccc(CN(C)C)cc3)c(=O)oc12. The van der Waals surface area contributed by atoms with Gasteiger partial charge in [0, 0.05) is 17.6 Å². The van der Waals surface area contributed by atoms with Crippen LogP contribution in [0.15, 0.2) is 57.7 Å².